The van der Waals surface area contributed by atoms with Gasteiger partial charge in [-0.05, 0) is 31.0 Å². The van der Waals surface area contributed by atoms with Crippen LogP contribution in [0.3, 0.4) is 0 Å². The van der Waals surface area contributed by atoms with Gasteiger partial charge in [0, 0.05) is 13.0 Å². The molecule has 0 heterocycles. The van der Waals surface area contributed by atoms with E-state index in [1.54, 1.807) is 7.11 Å². The second-order valence-corrected chi connectivity index (χ2v) is 3.65. The fourth-order valence-corrected chi connectivity index (χ4v) is 1.51. The molecule has 1 aromatic rings. The summed E-state index contributed by atoms with van der Waals surface area (Å²) in [6.45, 7) is 3.52. The number of methoxy groups -OCH3 is 1. The van der Waals surface area contributed by atoms with Crippen molar-refractivity contribution < 1.29 is 9.53 Å². The molecule has 0 radical (unpaired) electrons. The maximum atomic E-state index is 10.8. The van der Waals surface area contributed by atoms with E-state index in [1.165, 1.54) is 12.5 Å². The molecule has 0 bridgehead atoms. The van der Waals surface area contributed by atoms with Crippen LogP contribution in [0.4, 0.5) is 0 Å². The van der Waals surface area contributed by atoms with Gasteiger partial charge in [-0.25, -0.2) is 0 Å². The Balaban J connectivity index is 2.53. The first-order valence-electron chi connectivity index (χ1n) is 5.02. The van der Waals surface area contributed by atoms with Crippen LogP contribution in [0.2, 0.25) is 0 Å². The van der Waals surface area contributed by atoms with E-state index in [-0.39, 0.29) is 11.9 Å². The molecular weight excluding hydrogens is 190 g/mol. The topological polar surface area (TPSA) is 38.3 Å². The molecule has 0 aliphatic carbocycles. The third-order valence-corrected chi connectivity index (χ3v) is 2.15. The Labute approximate surface area is 90.4 Å². The zero-order valence-corrected chi connectivity index (χ0v) is 9.41. The van der Waals surface area contributed by atoms with Crippen molar-refractivity contribution in [3.8, 4) is 5.75 Å². The van der Waals surface area contributed by atoms with Crippen molar-refractivity contribution in [2.24, 2.45) is 0 Å². The summed E-state index contributed by atoms with van der Waals surface area (Å²) in [4.78, 5) is 10.8. The summed E-state index contributed by atoms with van der Waals surface area (Å²) in [6, 6.07) is 8.04. The standard InChI is InChI=1S/C12H17NO2/c1-9(13-10(2)14)8-11-4-6-12(15-3)7-5-11/h4-7,9H,8H2,1-3H3,(H,13,14)/t9-/m0/s1. The molecule has 0 aliphatic rings. The molecule has 82 valence electrons. The highest BCUT2D eigenvalue weighted by Crippen LogP contribution is 2.12. The lowest BCUT2D eigenvalue weighted by atomic mass is 10.1. The maximum Gasteiger partial charge on any atom is 0.217 e. The number of hydrogen-bond donors (Lipinski definition) is 1. The Morgan fingerprint density at radius 3 is 2.47 bits per heavy atom. The summed E-state index contributed by atoms with van der Waals surface area (Å²) < 4.78 is 5.07. The van der Waals surface area contributed by atoms with Crippen LogP contribution in [0.5, 0.6) is 5.75 Å². The highest BCUT2D eigenvalue weighted by atomic mass is 16.5. The summed E-state index contributed by atoms with van der Waals surface area (Å²) in [5.41, 5.74) is 1.19. The molecule has 0 aliphatic heterocycles. The second kappa shape index (κ2) is 5.39. The average Bonchev–Trinajstić information content (AvgIpc) is 2.17. The average molecular weight is 207 g/mol. The molecule has 1 rings (SSSR count). The van der Waals surface area contributed by atoms with Gasteiger partial charge in [0.05, 0.1) is 7.11 Å². The third-order valence-electron chi connectivity index (χ3n) is 2.15. The molecule has 1 N–H and O–H groups in total. The van der Waals surface area contributed by atoms with E-state index in [4.69, 9.17) is 4.74 Å². The number of nitrogens with one attached hydrogen (secondary N) is 1. The molecule has 0 spiro atoms. The minimum absolute atomic E-state index is 0.0102. The lowest BCUT2D eigenvalue weighted by molar-refractivity contribution is -0.119. The van der Waals surface area contributed by atoms with Gasteiger partial charge in [0.25, 0.3) is 0 Å². The smallest absolute Gasteiger partial charge is 0.217 e. The fraction of sp³-hybridized carbons (Fsp3) is 0.417. The Morgan fingerprint density at radius 1 is 1.40 bits per heavy atom. The fourth-order valence-electron chi connectivity index (χ4n) is 1.51. The molecule has 0 saturated carbocycles. The summed E-state index contributed by atoms with van der Waals surface area (Å²) in [7, 11) is 1.65. The summed E-state index contributed by atoms with van der Waals surface area (Å²) in [6.07, 6.45) is 0.837. The zero-order valence-electron chi connectivity index (χ0n) is 9.41. The summed E-state index contributed by atoms with van der Waals surface area (Å²) >= 11 is 0. The third kappa shape index (κ3) is 4.02. The molecule has 1 atom stereocenters. The predicted molar refractivity (Wildman–Crippen MR) is 60.0 cm³/mol. The van der Waals surface area contributed by atoms with Crippen LogP contribution in [-0.4, -0.2) is 19.1 Å². The monoisotopic (exact) mass is 207 g/mol. The van der Waals surface area contributed by atoms with Crippen LogP contribution in [0.25, 0.3) is 0 Å². The van der Waals surface area contributed by atoms with Crippen LogP contribution < -0.4 is 10.1 Å². The van der Waals surface area contributed by atoms with Gasteiger partial charge in [-0.3, -0.25) is 4.79 Å². The zero-order chi connectivity index (χ0) is 11.3. The van der Waals surface area contributed by atoms with Crippen LogP contribution >= 0.6 is 0 Å². The van der Waals surface area contributed by atoms with Gasteiger partial charge < -0.3 is 10.1 Å². The number of ether oxygens (including phenoxy) is 1. The van der Waals surface area contributed by atoms with Crippen molar-refractivity contribution in [2.75, 3.05) is 7.11 Å². The molecule has 15 heavy (non-hydrogen) atoms. The highest BCUT2D eigenvalue weighted by molar-refractivity contribution is 5.73. The van der Waals surface area contributed by atoms with Gasteiger partial charge in [0.15, 0.2) is 0 Å². The van der Waals surface area contributed by atoms with Crippen molar-refractivity contribution >= 4 is 5.91 Å². The van der Waals surface area contributed by atoms with Crippen LogP contribution in [0.15, 0.2) is 24.3 Å². The number of carbonyl (C=O) groups excluding carboxylic acids is 1. The van der Waals surface area contributed by atoms with E-state index < -0.39 is 0 Å². The Morgan fingerprint density at radius 2 is 2.00 bits per heavy atom. The molecular formula is C12H17NO2. The first kappa shape index (κ1) is 11.6. The minimum atomic E-state index is 0.0102. The van der Waals surface area contributed by atoms with Gasteiger partial charge in [-0.15, -0.1) is 0 Å². The van der Waals surface area contributed by atoms with E-state index in [0.717, 1.165) is 12.2 Å². The molecule has 1 aromatic carbocycles. The van der Waals surface area contributed by atoms with E-state index in [0.29, 0.717) is 0 Å². The molecule has 0 unspecified atom stereocenters. The number of amides is 1. The van der Waals surface area contributed by atoms with Crippen LogP contribution in [0, 0.1) is 0 Å². The SMILES string of the molecule is COc1ccc(C[C@H](C)NC(C)=O)cc1. The first-order chi connectivity index (χ1) is 7.11. The van der Waals surface area contributed by atoms with E-state index in [2.05, 4.69) is 5.32 Å². The van der Waals surface area contributed by atoms with Crippen LogP contribution in [0.1, 0.15) is 19.4 Å². The molecule has 3 nitrogen and oxygen atoms in total. The molecule has 0 fully saturated rings. The minimum Gasteiger partial charge on any atom is -0.497 e. The van der Waals surface area contributed by atoms with E-state index in [1.807, 2.05) is 31.2 Å². The molecule has 0 saturated heterocycles. The van der Waals surface area contributed by atoms with Gasteiger partial charge in [-0.2, -0.15) is 0 Å². The molecule has 3 heteroatoms. The normalized spacial score (nSPS) is 11.9. The van der Waals surface area contributed by atoms with E-state index in [9.17, 15) is 4.79 Å². The Hall–Kier alpha value is -1.51. The number of carbonyl (C=O) groups is 1. The lowest BCUT2D eigenvalue weighted by Gasteiger charge is -2.12. The highest BCUT2D eigenvalue weighted by Gasteiger charge is 2.04. The van der Waals surface area contributed by atoms with Crippen molar-refractivity contribution in [1.29, 1.82) is 0 Å². The quantitative estimate of drug-likeness (QED) is 0.817. The molecule has 1 amide bonds. The number of benzene rings is 1. The maximum absolute atomic E-state index is 10.8. The predicted octanol–water partition coefficient (Wildman–Crippen LogP) is 1.76. The first-order valence-corrected chi connectivity index (χ1v) is 5.02. The van der Waals surface area contributed by atoms with Crippen molar-refractivity contribution in [3.05, 3.63) is 29.8 Å². The second-order valence-electron chi connectivity index (χ2n) is 3.65. The van der Waals surface area contributed by atoms with Crippen molar-refractivity contribution in [3.63, 3.8) is 0 Å². The Bertz CT molecular complexity index is 319. The van der Waals surface area contributed by atoms with Crippen molar-refractivity contribution in [1.82, 2.24) is 5.32 Å². The summed E-state index contributed by atoms with van der Waals surface area (Å²) in [5.74, 6) is 0.863. The van der Waals surface area contributed by atoms with Gasteiger partial charge in [0.1, 0.15) is 5.75 Å². The van der Waals surface area contributed by atoms with E-state index >= 15 is 0 Å². The number of hydrogen-bond acceptors (Lipinski definition) is 2. The number of rotatable bonds is 4. The van der Waals surface area contributed by atoms with Gasteiger partial charge >= 0.3 is 0 Å². The van der Waals surface area contributed by atoms with Gasteiger partial charge in [0.2, 0.25) is 5.91 Å². The lowest BCUT2D eigenvalue weighted by Crippen LogP contribution is -2.31. The summed E-state index contributed by atoms with van der Waals surface area (Å²) in [5, 5.41) is 2.85. The van der Waals surface area contributed by atoms with Crippen LogP contribution in [-0.2, 0) is 11.2 Å². The van der Waals surface area contributed by atoms with Gasteiger partial charge in [-0.1, -0.05) is 12.1 Å². The largest absolute Gasteiger partial charge is 0.497 e. The Kier molecular flexibility index (Phi) is 4.16. The molecule has 0 aromatic heterocycles. The van der Waals surface area contributed by atoms with Crippen molar-refractivity contribution in [2.45, 2.75) is 26.3 Å².